The molecule has 5 nitrogen and oxygen atoms in total. The summed E-state index contributed by atoms with van der Waals surface area (Å²) in [5.41, 5.74) is 4.72. The van der Waals surface area contributed by atoms with Crippen molar-refractivity contribution in [3.05, 3.63) is 41.2 Å². The van der Waals surface area contributed by atoms with Gasteiger partial charge in [0.15, 0.2) is 0 Å². The van der Waals surface area contributed by atoms with Gasteiger partial charge in [0.05, 0.1) is 11.7 Å². The van der Waals surface area contributed by atoms with Crippen molar-refractivity contribution in [2.75, 3.05) is 0 Å². The molecule has 2 heterocycles. The van der Waals surface area contributed by atoms with Crippen molar-refractivity contribution in [1.29, 1.82) is 0 Å². The van der Waals surface area contributed by atoms with E-state index >= 15 is 0 Å². The summed E-state index contributed by atoms with van der Waals surface area (Å²) < 4.78 is 3.81. The van der Waals surface area contributed by atoms with Gasteiger partial charge in [-0.15, -0.1) is 5.10 Å². The van der Waals surface area contributed by atoms with Crippen molar-refractivity contribution in [3.8, 4) is 0 Å². The maximum absolute atomic E-state index is 5.48. The van der Waals surface area contributed by atoms with E-state index in [-0.39, 0.29) is 6.04 Å². The maximum Gasteiger partial charge on any atom is 0.0941 e. The van der Waals surface area contributed by atoms with Crippen molar-refractivity contribution in [1.82, 2.24) is 20.0 Å². The lowest BCUT2D eigenvalue weighted by molar-refractivity contribution is 0.536. The van der Waals surface area contributed by atoms with E-state index < -0.39 is 0 Å². The fraction of sp³-hybridized carbons (Fsp3) is 0.222. The number of pyridine rings is 1. The van der Waals surface area contributed by atoms with E-state index in [2.05, 4.69) is 20.0 Å². The Balaban J connectivity index is 2.10. The number of hydrogen-bond acceptors (Lipinski definition) is 6. The second kappa shape index (κ2) is 4.92. The van der Waals surface area contributed by atoms with Crippen LogP contribution in [0.3, 0.4) is 0 Å². The quantitative estimate of drug-likeness (QED) is 0.586. The normalized spacial score (nSPS) is 12.6. The van der Waals surface area contributed by atoms with Gasteiger partial charge in [-0.2, -0.15) is 0 Å². The average molecular weight is 221 g/mol. The topological polar surface area (TPSA) is 76.7 Å². The fourth-order valence-corrected chi connectivity index (χ4v) is 1.84. The average Bonchev–Trinajstić information content (AvgIpc) is 2.81. The number of nitrogens with one attached hydrogen (secondary N) is 1. The molecule has 0 bridgehead atoms. The first-order valence-electron chi connectivity index (χ1n) is 4.52. The molecule has 0 saturated heterocycles. The summed E-state index contributed by atoms with van der Waals surface area (Å²) in [5.74, 6) is 5.48. The molecule has 0 fully saturated rings. The summed E-state index contributed by atoms with van der Waals surface area (Å²) in [4.78, 5) is 4.05. The molecule has 0 aromatic carbocycles. The SMILES string of the molecule is NNC(Cc1cccnc1)c1csnn1. The number of nitrogens with two attached hydrogens (primary N) is 1. The molecular weight excluding hydrogens is 210 g/mol. The van der Waals surface area contributed by atoms with Crippen molar-refractivity contribution < 1.29 is 0 Å². The van der Waals surface area contributed by atoms with E-state index in [0.29, 0.717) is 0 Å². The monoisotopic (exact) mass is 221 g/mol. The Labute approximate surface area is 91.5 Å². The first kappa shape index (κ1) is 10.2. The van der Waals surface area contributed by atoms with E-state index in [1.807, 2.05) is 23.7 Å². The van der Waals surface area contributed by atoms with Crippen LogP contribution in [0.5, 0.6) is 0 Å². The van der Waals surface area contributed by atoms with Crippen LogP contribution in [0.1, 0.15) is 17.3 Å². The van der Waals surface area contributed by atoms with Gasteiger partial charge < -0.3 is 0 Å². The molecule has 1 atom stereocenters. The minimum Gasteiger partial charge on any atom is -0.271 e. The minimum atomic E-state index is -0.00653. The largest absolute Gasteiger partial charge is 0.271 e. The van der Waals surface area contributed by atoms with Gasteiger partial charge in [0, 0.05) is 17.8 Å². The predicted octanol–water partition coefficient (Wildman–Crippen LogP) is 0.680. The molecule has 3 N–H and O–H groups in total. The standard InChI is InChI=1S/C9H11N5S/c10-12-8(9-6-15-14-13-9)4-7-2-1-3-11-5-7/h1-3,5-6,8,12H,4,10H2. The Morgan fingerprint density at radius 2 is 2.47 bits per heavy atom. The highest BCUT2D eigenvalue weighted by molar-refractivity contribution is 7.03. The molecule has 0 aliphatic rings. The van der Waals surface area contributed by atoms with Crippen molar-refractivity contribution in [2.45, 2.75) is 12.5 Å². The van der Waals surface area contributed by atoms with Gasteiger partial charge in [-0.3, -0.25) is 16.3 Å². The Morgan fingerprint density at radius 1 is 1.53 bits per heavy atom. The summed E-state index contributed by atoms with van der Waals surface area (Å²) in [5, 5.41) is 5.88. The highest BCUT2D eigenvalue weighted by Crippen LogP contribution is 2.15. The number of hydrazine groups is 1. The summed E-state index contributed by atoms with van der Waals surface area (Å²) in [6.45, 7) is 0. The molecule has 2 aromatic rings. The molecule has 0 radical (unpaired) electrons. The van der Waals surface area contributed by atoms with Crippen molar-refractivity contribution in [2.24, 2.45) is 5.84 Å². The maximum atomic E-state index is 5.48. The van der Waals surface area contributed by atoms with Gasteiger partial charge in [0.2, 0.25) is 0 Å². The molecule has 0 saturated carbocycles. The van der Waals surface area contributed by atoms with Gasteiger partial charge >= 0.3 is 0 Å². The smallest absolute Gasteiger partial charge is 0.0941 e. The summed E-state index contributed by atoms with van der Waals surface area (Å²) in [6.07, 6.45) is 4.33. The molecule has 1 unspecified atom stereocenters. The Morgan fingerprint density at radius 3 is 3.07 bits per heavy atom. The van der Waals surface area contributed by atoms with Crippen LogP contribution in [0.4, 0.5) is 0 Å². The molecule has 0 amide bonds. The van der Waals surface area contributed by atoms with Crippen molar-refractivity contribution in [3.63, 3.8) is 0 Å². The first-order valence-corrected chi connectivity index (χ1v) is 5.36. The highest BCUT2D eigenvalue weighted by Gasteiger charge is 2.12. The highest BCUT2D eigenvalue weighted by atomic mass is 32.1. The third kappa shape index (κ3) is 2.56. The zero-order chi connectivity index (χ0) is 10.5. The number of nitrogens with zero attached hydrogens (tertiary/aromatic N) is 3. The molecule has 0 aliphatic carbocycles. The molecule has 2 aromatic heterocycles. The lowest BCUT2D eigenvalue weighted by Crippen LogP contribution is -2.29. The molecule has 6 heteroatoms. The zero-order valence-electron chi connectivity index (χ0n) is 8.00. The van der Waals surface area contributed by atoms with Crippen LogP contribution in [0.15, 0.2) is 29.9 Å². The van der Waals surface area contributed by atoms with Crippen LogP contribution < -0.4 is 11.3 Å². The fourth-order valence-electron chi connectivity index (χ4n) is 1.33. The van der Waals surface area contributed by atoms with Gasteiger partial charge in [-0.05, 0) is 29.6 Å². The number of rotatable bonds is 4. The lowest BCUT2D eigenvalue weighted by atomic mass is 10.1. The van der Waals surface area contributed by atoms with Crippen LogP contribution in [0.25, 0.3) is 0 Å². The van der Waals surface area contributed by atoms with Gasteiger partial charge in [0.25, 0.3) is 0 Å². The second-order valence-electron chi connectivity index (χ2n) is 3.11. The van der Waals surface area contributed by atoms with Crippen LogP contribution in [-0.4, -0.2) is 14.6 Å². The molecule has 78 valence electrons. The van der Waals surface area contributed by atoms with Gasteiger partial charge in [-0.25, -0.2) is 0 Å². The molecule has 15 heavy (non-hydrogen) atoms. The third-order valence-electron chi connectivity index (χ3n) is 2.10. The summed E-state index contributed by atoms with van der Waals surface area (Å²) in [7, 11) is 0. The van der Waals surface area contributed by atoms with E-state index in [1.54, 1.807) is 6.20 Å². The zero-order valence-corrected chi connectivity index (χ0v) is 8.81. The van der Waals surface area contributed by atoms with Crippen LogP contribution in [-0.2, 0) is 6.42 Å². The van der Waals surface area contributed by atoms with Crippen molar-refractivity contribution >= 4 is 11.5 Å². The van der Waals surface area contributed by atoms with E-state index in [4.69, 9.17) is 5.84 Å². The molecule has 0 spiro atoms. The molecule has 2 rings (SSSR count). The minimum absolute atomic E-state index is 0.00653. The van der Waals surface area contributed by atoms with Crippen LogP contribution in [0, 0.1) is 0 Å². The second-order valence-corrected chi connectivity index (χ2v) is 3.72. The number of aromatic nitrogens is 3. The molecular formula is C9H11N5S. The van der Waals surface area contributed by atoms with E-state index in [1.165, 1.54) is 11.5 Å². The summed E-state index contributed by atoms with van der Waals surface area (Å²) in [6, 6.07) is 3.91. The molecule has 0 aliphatic heterocycles. The first-order chi connectivity index (χ1) is 7.40. The number of hydrogen-bond donors (Lipinski definition) is 2. The van der Waals surface area contributed by atoms with E-state index in [0.717, 1.165) is 17.7 Å². The summed E-state index contributed by atoms with van der Waals surface area (Å²) >= 11 is 1.32. The van der Waals surface area contributed by atoms with E-state index in [9.17, 15) is 0 Å². The Hall–Kier alpha value is -1.37. The Bertz CT molecular complexity index is 388. The predicted molar refractivity (Wildman–Crippen MR) is 57.9 cm³/mol. The van der Waals surface area contributed by atoms with Crippen LogP contribution >= 0.6 is 11.5 Å². The lowest BCUT2D eigenvalue weighted by Gasteiger charge is -2.12. The van der Waals surface area contributed by atoms with Crippen LogP contribution in [0.2, 0.25) is 0 Å². The Kier molecular flexibility index (Phi) is 3.33. The van der Waals surface area contributed by atoms with Gasteiger partial charge in [-0.1, -0.05) is 10.6 Å². The third-order valence-corrected chi connectivity index (χ3v) is 2.62. The van der Waals surface area contributed by atoms with Gasteiger partial charge in [0.1, 0.15) is 0 Å².